The van der Waals surface area contributed by atoms with Crippen LogP contribution < -0.4 is 10.6 Å². The van der Waals surface area contributed by atoms with Crippen molar-refractivity contribution in [2.75, 3.05) is 32.7 Å². The second-order valence-electron chi connectivity index (χ2n) is 8.52. The first-order valence-electron chi connectivity index (χ1n) is 9.71. The molecule has 1 aliphatic rings. The average molecular weight is 378 g/mol. The number of benzene rings is 1. The van der Waals surface area contributed by atoms with Gasteiger partial charge < -0.3 is 15.5 Å². The largest absolute Gasteiger partial charge is 0.354 e. The first-order valence-corrected chi connectivity index (χ1v) is 9.71. The highest BCUT2D eigenvalue weighted by molar-refractivity contribution is 5.94. The van der Waals surface area contributed by atoms with E-state index in [9.17, 15) is 14.0 Å². The van der Waals surface area contributed by atoms with E-state index >= 15 is 0 Å². The van der Waals surface area contributed by atoms with Gasteiger partial charge in [-0.15, -0.1) is 0 Å². The number of nitrogens with one attached hydrogen (secondary N) is 2. The van der Waals surface area contributed by atoms with Crippen LogP contribution in [0.25, 0.3) is 0 Å². The molecule has 0 atom stereocenters. The van der Waals surface area contributed by atoms with E-state index in [1.807, 2.05) is 20.8 Å². The van der Waals surface area contributed by atoms with Crippen LogP contribution in [-0.4, -0.2) is 49.4 Å². The van der Waals surface area contributed by atoms with E-state index in [-0.39, 0.29) is 23.0 Å². The van der Waals surface area contributed by atoms with Crippen molar-refractivity contribution in [1.82, 2.24) is 15.5 Å². The van der Waals surface area contributed by atoms with Crippen LogP contribution in [0.15, 0.2) is 18.2 Å². The van der Waals surface area contributed by atoms with Gasteiger partial charge in [-0.2, -0.15) is 0 Å². The number of piperidine rings is 1. The van der Waals surface area contributed by atoms with Gasteiger partial charge in [0.25, 0.3) is 5.91 Å². The standard InChI is InChI=1S/C21H32FN3O2/c1-15-11-17(13-18(22)12-15)19(26)24-14-16-5-8-25(9-6-16)10-7-23-20(27)21(2,3)4/h11-13,16H,5-10,14H2,1-4H3,(H,23,27)(H,24,26). The fraction of sp³-hybridized carbons (Fsp3) is 0.619. The normalized spacial score (nSPS) is 16.2. The summed E-state index contributed by atoms with van der Waals surface area (Å²) in [4.78, 5) is 26.4. The quantitative estimate of drug-likeness (QED) is 0.801. The first kappa shape index (κ1) is 21.4. The summed E-state index contributed by atoms with van der Waals surface area (Å²) < 4.78 is 13.4. The van der Waals surface area contributed by atoms with E-state index in [4.69, 9.17) is 0 Å². The molecule has 2 rings (SSSR count). The number of rotatable bonds is 6. The van der Waals surface area contributed by atoms with Crippen LogP contribution in [0.3, 0.4) is 0 Å². The second-order valence-corrected chi connectivity index (χ2v) is 8.52. The third kappa shape index (κ3) is 6.94. The lowest BCUT2D eigenvalue weighted by molar-refractivity contribution is -0.128. The van der Waals surface area contributed by atoms with Gasteiger partial charge in [0.2, 0.25) is 5.91 Å². The van der Waals surface area contributed by atoms with Crippen LogP contribution in [0.4, 0.5) is 4.39 Å². The minimum Gasteiger partial charge on any atom is -0.354 e. The first-order chi connectivity index (χ1) is 12.6. The second kappa shape index (κ2) is 9.31. The maximum Gasteiger partial charge on any atom is 0.251 e. The minimum absolute atomic E-state index is 0.0766. The highest BCUT2D eigenvalue weighted by Crippen LogP contribution is 2.17. The third-order valence-corrected chi connectivity index (χ3v) is 4.96. The number of amides is 2. The summed E-state index contributed by atoms with van der Waals surface area (Å²) in [6.07, 6.45) is 2.02. The minimum atomic E-state index is -0.382. The lowest BCUT2D eigenvalue weighted by atomic mass is 9.95. The molecule has 5 nitrogen and oxygen atoms in total. The molecule has 27 heavy (non-hydrogen) atoms. The molecule has 0 bridgehead atoms. The Hall–Kier alpha value is -1.95. The number of carbonyl (C=O) groups excluding carboxylic acids is 2. The van der Waals surface area contributed by atoms with Crippen molar-refractivity contribution >= 4 is 11.8 Å². The van der Waals surface area contributed by atoms with E-state index < -0.39 is 0 Å². The summed E-state index contributed by atoms with van der Waals surface area (Å²) >= 11 is 0. The summed E-state index contributed by atoms with van der Waals surface area (Å²) in [6.45, 7) is 11.6. The Kier molecular flexibility index (Phi) is 7.36. The molecular formula is C21H32FN3O2. The summed E-state index contributed by atoms with van der Waals surface area (Å²) in [7, 11) is 0. The summed E-state index contributed by atoms with van der Waals surface area (Å²) in [5.74, 6) is -0.0892. The zero-order valence-corrected chi connectivity index (χ0v) is 16.9. The lowest BCUT2D eigenvalue weighted by Crippen LogP contribution is -2.43. The summed E-state index contributed by atoms with van der Waals surface area (Å²) in [5.41, 5.74) is 0.761. The van der Waals surface area contributed by atoms with Crippen molar-refractivity contribution in [3.63, 3.8) is 0 Å². The van der Waals surface area contributed by atoms with Gasteiger partial charge in [0.05, 0.1) is 0 Å². The zero-order valence-electron chi connectivity index (χ0n) is 16.9. The van der Waals surface area contributed by atoms with Gasteiger partial charge in [-0.05, 0) is 62.5 Å². The molecule has 1 aromatic carbocycles. The van der Waals surface area contributed by atoms with Crippen LogP contribution in [-0.2, 0) is 4.79 Å². The molecule has 0 aromatic heterocycles. The zero-order chi connectivity index (χ0) is 20.0. The van der Waals surface area contributed by atoms with E-state index in [0.717, 1.165) is 38.0 Å². The van der Waals surface area contributed by atoms with Crippen LogP contribution in [0.2, 0.25) is 0 Å². The molecule has 2 N–H and O–H groups in total. The Balaban J connectivity index is 1.67. The SMILES string of the molecule is Cc1cc(F)cc(C(=O)NCC2CCN(CCNC(=O)C(C)(C)C)CC2)c1. The van der Waals surface area contributed by atoms with Gasteiger partial charge in [-0.25, -0.2) is 4.39 Å². The van der Waals surface area contributed by atoms with E-state index in [1.165, 1.54) is 12.1 Å². The Morgan fingerprint density at radius 2 is 1.81 bits per heavy atom. The number of halogens is 1. The molecule has 2 amide bonds. The third-order valence-electron chi connectivity index (χ3n) is 4.96. The molecular weight excluding hydrogens is 345 g/mol. The monoisotopic (exact) mass is 377 g/mol. The van der Waals surface area contributed by atoms with E-state index in [0.29, 0.717) is 24.6 Å². The Morgan fingerprint density at radius 3 is 2.41 bits per heavy atom. The molecule has 0 spiro atoms. The molecule has 0 saturated carbocycles. The van der Waals surface area contributed by atoms with Crippen LogP contribution in [0, 0.1) is 24.1 Å². The molecule has 150 valence electrons. The average Bonchev–Trinajstić information content (AvgIpc) is 2.59. The van der Waals surface area contributed by atoms with Crippen LogP contribution in [0.5, 0.6) is 0 Å². The highest BCUT2D eigenvalue weighted by Gasteiger charge is 2.22. The van der Waals surface area contributed by atoms with Gasteiger partial charge in [-0.3, -0.25) is 9.59 Å². The summed E-state index contributed by atoms with van der Waals surface area (Å²) in [6, 6.07) is 4.39. The van der Waals surface area contributed by atoms with Crippen molar-refractivity contribution in [3.8, 4) is 0 Å². The molecule has 0 radical (unpaired) electrons. The van der Waals surface area contributed by atoms with Gasteiger partial charge in [0, 0.05) is 30.6 Å². The van der Waals surface area contributed by atoms with Gasteiger partial charge >= 0.3 is 0 Å². The lowest BCUT2D eigenvalue weighted by Gasteiger charge is -2.32. The molecule has 1 saturated heterocycles. The maximum absolute atomic E-state index is 13.4. The van der Waals surface area contributed by atoms with E-state index in [2.05, 4.69) is 15.5 Å². The number of hydrogen-bond acceptors (Lipinski definition) is 3. The van der Waals surface area contributed by atoms with Crippen molar-refractivity contribution in [2.45, 2.75) is 40.5 Å². The number of carbonyl (C=O) groups is 2. The molecule has 1 aliphatic heterocycles. The van der Waals surface area contributed by atoms with Crippen molar-refractivity contribution in [1.29, 1.82) is 0 Å². The maximum atomic E-state index is 13.4. The predicted molar refractivity (Wildman–Crippen MR) is 105 cm³/mol. The smallest absolute Gasteiger partial charge is 0.251 e. The van der Waals surface area contributed by atoms with Gasteiger partial charge in [0.15, 0.2) is 0 Å². The van der Waals surface area contributed by atoms with Crippen molar-refractivity contribution in [2.24, 2.45) is 11.3 Å². The Labute approximate surface area is 161 Å². The fourth-order valence-corrected chi connectivity index (χ4v) is 3.21. The number of nitrogens with zero attached hydrogens (tertiary/aromatic N) is 1. The number of hydrogen-bond donors (Lipinski definition) is 2. The fourth-order valence-electron chi connectivity index (χ4n) is 3.21. The van der Waals surface area contributed by atoms with E-state index in [1.54, 1.807) is 13.0 Å². The Morgan fingerprint density at radius 1 is 1.15 bits per heavy atom. The topological polar surface area (TPSA) is 61.4 Å². The van der Waals surface area contributed by atoms with Crippen LogP contribution in [0.1, 0.15) is 49.5 Å². The molecule has 1 aromatic rings. The molecule has 0 unspecified atom stereocenters. The molecule has 1 fully saturated rings. The molecule has 1 heterocycles. The summed E-state index contributed by atoms with van der Waals surface area (Å²) in [5, 5.41) is 5.91. The molecule has 6 heteroatoms. The number of aryl methyl sites for hydroxylation is 1. The van der Waals surface area contributed by atoms with Crippen molar-refractivity contribution < 1.29 is 14.0 Å². The Bertz CT molecular complexity index is 642. The van der Waals surface area contributed by atoms with Gasteiger partial charge in [-0.1, -0.05) is 20.8 Å². The van der Waals surface area contributed by atoms with Crippen LogP contribution >= 0.6 is 0 Å². The van der Waals surface area contributed by atoms with Gasteiger partial charge in [0.1, 0.15) is 5.82 Å². The number of likely N-dealkylation sites (tertiary alicyclic amines) is 1. The molecule has 0 aliphatic carbocycles. The predicted octanol–water partition coefficient (Wildman–Crippen LogP) is 2.74. The van der Waals surface area contributed by atoms with Crippen molar-refractivity contribution in [3.05, 3.63) is 35.1 Å². The highest BCUT2D eigenvalue weighted by atomic mass is 19.1.